The topological polar surface area (TPSA) is 149 Å². The Hall–Kier alpha value is -4.68. The van der Waals surface area contributed by atoms with Crippen LogP contribution in [0.1, 0.15) is 57.2 Å². The first-order chi connectivity index (χ1) is 20.1. The van der Waals surface area contributed by atoms with Gasteiger partial charge in [-0.25, -0.2) is 4.79 Å². The fraction of sp³-hybridized carbons (Fsp3) is 0.233. The highest BCUT2D eigenvalue weighted by Crippen LogP contribution is 2.39. The molecule has 1 amide bonds. The van der Waals surface area contributed by atoms with Crippen LogP contribution in [0.15, 0.2) is 45.8 Å². The van der Waals surface area contributed by atoms with E-state index in [9.17, 15) is 9.59 Å². The molecule has 4 N–H and O–H groups in total. The van der Waals surface area contributed by atoms with Crippen molar-refractivity contribution in [3.05, 3.63) is 86.2 Å². The zero-order chi connectivity index (χ0) is 30.0. The molecule has 0 spiro atoms. The normalized spacial score (nSPS) is 14.2. The van der Waals surface area contributed by atoms with E-state index < -0.39 is 18.1 Å². The number of carbonyl (C=O) groups is 2. The van der Waals surface area contributed by atoms with Gasteiger partial charge < -0.3 is 20.6 Å². The highest BCUT2D eigenvalue weighted by Gasteiger charge is 2.32. The van der Waals surface area contributed by atoms with Crippen molar-refractivity contribution in [1.82, 2.24) is 20.1 Å². The third-order valence-corrected chi connectivity index (χ3v) is 7.99. The summed E-state index contributed by atoms with van der Waals surface area (Å²) in [5.74, 6) is 11.0. The van der Waals surface area contributed by atoms with Crippen molar-refractivity contribution in [2.75, 3.05) is 6.54 Å². The first kappa shape index (κ1) is 28.8. The minimum absolute atomic E-state index is 0.0359. The molecule has 0 saturated heterocycles. The van der Waals surface area contributed by atoms with Gasteiger partial charge in [-0.1, -0.05) is 35.6 Å². The Balaban J connectivity index is 1.36. The molecule has 0 bridgehead atoms. The number of fused-ring (bicyclic) bond motifs is 3. The SMILES string of the molecule is Cc1sc2c(c1C)C(c1ccc(Cl)cc1)=N[C@@H](CC(=O)NCC#Cc1ccc(C#CC(N)C(=O)O)o1)c1nnc(C)n1-2. The van der Waals surface area contributed by atoms with E-state index in [-0.39, 0.29) is 24.6 Å². The van der Waals surface area contributed by atoms with E-state index in [4.69, 9.17) is 31.9 Å². The van der Waals surface area contributed by atoms with E-state index in [1.165, 1.54) is 0 Å². The van der Waals surface area contributed by atoms with Gasteiger partial charge in [0, 0.05) is 21.0 Å². The summed E-state index contributed by atoms with van der Waals surface area (Å²) >= 11 is 7.81. The van der Waals surface area contributed by atoms with Crippen LogP contribution >= 0.6 is 22.9 Å². The number of aromatic nitrogens is 3. The Morgan fingerprint density at radius 3 is 2.57 bits per heavy atom. The van der Waals surface area contributed by atoms with Gasteiger partial charge in [-0.3, -0.25) is 14.4 Å². The molecule has 1 aliphatic heterocycles. The first-order valence-corrected chi connectivity index (χ1v) is 14.0. The van der Waals surface area contributed by atoms with Gasteiger partial charge in [-0.15, -0.1) is 21.5 Å². The molecule has 1 aromatic carbocycles. The number of thiophene rings is 1. The molecule has 0 saturated carbocycles. The van der Waals surface area contributed by atoms with Crippen LogP contribution in [0.25, 0.3) is 5.00 Å². The number of nitrogens with two attached hydrogens (primary N) is 1. The summed E-state index contributed by atoms with van der Waals surface area (Å²) in [6.07, 6.45) is 0.0359. The van der Waals surface area contributed by atoms with Gasteiger partial charge in [0.05, 0.1) is 18.7 Å². The molecule has 5 rings (SSSR count). The zero-order valence-corrected chi connectivity index (χ0v) is 24.4. The summed E-state index contributed by atoms with van der Waals surface area (Å²) in [6.45, 7) is 6.10. The molecule has 0 radical (unpaired) electrons. The molecule has 0 aliphatic carbocycles. The van der Waals surface area contributed by atoms with Gasteiger partial charge >= 0.3 is 5.97 Å². The Morgan fingerprint density at radius 1 is 1.14 bits per heavy atom. The number of rotatable bonds is 5. The van der Waals surface area contributed by atoms with Gasteiger partial charge in [-0.05, 0) is 62.4 Å². The second-order valence-corrected chi connectivity index (χ2v) is 11.1. The number of carboxylic acids is 1. The van der Waals surface area contributed by atoms with Crippen molar-refractivity contribution < 1.29 is 19.1 Å². The molecule has 12 heteroatoms. The van der Waals surface area contributed by atoms with Crippen molar-refractivity contribution in [2.24, 2.45) is 10.7 Å². The monoisotopic (exact) mass is 600 g/mol. The van der Waals surface area contributed by atoms with Crippen molar-refractivity contribution in [2.45, 2.75) is 39.3 Å². The number of halogens is 1. The molecule has 212 valence electrons. The maximum atomic E-state index is 13.1. The average Bonchev–Trinajstić information content (AvgIpc) is 3.63. The third-order valence-electron chi connectivity index (χ3n) is 6.54. The van der Waals surface area contributed by atoms with Crippen LogP contribution in [0.2, 0.25) is 5.02 Å². The first-order valence-electron chi connectivity index (χ1n) is 12.8. The van der Waals surface area contributed by atoms with Crippen LogP contribution in [-0.2, 0) is 9.59 Å². The van der Waals surface area contributed by atoms with E-state index in [0.29, 0.717) is 22.4 Å². The van der Waals surface area contributed by atoms with Gasteiger partial charge in [0.2, 0.25) is 5.91 Å². The van der Waals surface area contributed by atoms with Crippen molar-refractivity contribution in [3.8, 4) is 28.7 Å². The van der Waals surface area contributed by atoms with Gasteiger partial charge in [0.1, 0.15) is 16.9 Å². The Kier molecular flexibility index (Phi) is 8.27. The third kappa shape index (κ3) is 5.99. The van der Waals surface area contributed by atoms with Crippen molar-refractivity contribution in [3.63, 3.8) is 0 Å². The number of hydrogen-bond acceptors (Lipinski definition) is 8. The minimum atomic E-state index is -1.31. The second-order valence-electron chi connectivity index (χ2n) is 9.44. The predicted molar refractivity (Wildman–Crippen MR) is 159 cm³/mol. The smallest absolute Gasteiger partial charge is 0.333 e. The fourth-order valence-corrected chi connectivity index (χ4v) is 5.68. The fourth-order valence-electron chi connectivity index (χ4n) is 4.34. The highest BCUT2D eigenvalue weighted by atomic mass is 35.5. The summed E-state index contributed by atoms with van der Waals surface area (Å²) in [6, 6.07) is 8.76. The van der Waals surface area contributed by atoms with E-state index in [0.717, 1.165) is 32.3 Å². The minimum Gasteiger partial charge on any atom is -0.479 e. The van der Waals surface area contributed by atoms with Crippen LogP contribution in [0.4, 0.5) is 0 Å². The van der Waals surface area contributed by atoms with Crippen LogP contribution in [0.5, 0.6) is 0 Å². The number of amides is 1. The zero-order valence-electron chi connectivity index (χ0n) is 22.9. The highest BCUT2D eigenvalue weighted by molar-refractivity contribution is 7.15. The quantitative estimate of drug-likeness (QED) is 0.296. The lowest BCUT2D eigenvalue weighted by molar-refractivity contribution is -0.137. The Morgan fingerprint density at radius 2 is 1.86 bits per heavy atom. The number of carboxylic acid groups (broad SMARTS) is 1. The molecule has 4 heterocycles. The lowest BCUT2D eigenvalue weighted by Crippen LogP contribution is -2.27. The molecule has 3 aromatic heterocycles. The number of aliphatic carboxylic acids is 1. The average molecular weight is 601 g/mol. The molecule has 10 nitrogen and oxygen atoms in total. The maximum absolute atomic E-state index is 13.1. The number of carbonyl (C=O) groups excluding carboxylic acids is 1. The lowest BCUT2D eigenvalue weighted by Gasteiger charge is -2.12. The number of aryl methyl sites for hydroxylation is 2. The number of nitrogens with one attached hydrogen (secondary N) is 1. The summed E-state index contributed by atoms with van der Waals surface area (Å²) in [4.78, 5) is 30.1. The molecule has 0 fully saturated rings. The maximum Gasteiger partial charge on any atom is 0.333 e. The van der Waals surface area contributed by atoms with Gasteiger partial charge in [-0.2, -0.15) is 0 Å². The lowest BCUT2D eigenvalue weighted by atomic mass is 9.99. The Labute approximate surface area is 250 Å². The molecule has 1 aliphatic rings. The summed E-state index contributed by atoms with van der Waals surface area (Å²) < 4.78 is 7.44. The summed E-state index contributed by atoms with van der Waals surface area (Å²) in [5.41, 5.74) is 9.13. The van der Waals surface area contributed by atoms with Crippen molar-refractivity contribution in [1.29, 1.82) is 0 Å². The number of nitrogens with zero attached hydrogens (tertiary/aromatic N) is 4. The van der Waals surface area contributed by atoms with Crippen molar-refractivity contribution >= 4 is 40.5 Å². The molecule has 42 heavy (non-hydrogen) atoms. The molecular formula is C30H25ClN6O4S. The molecule has 2 atom stereocenters. The number of aliphatic imine (C=N–C) groups is 1. The van der Waals surface area contributed by atoms with Crippen LogP contribution in [0, 0.1) is 44.5 Å². The van der Waals surface area contributed by atoms with Crippen LogP contribution in [-0.4, -0.2) is 50.0 Å². The predicted octanol–water partition coefficient (Wildman–Crippen LogP) is 3.71. The van der Waals surface area contributed by atoms with Gasteiger partial charge in [0.25, 0.3) is 0 Å². The van der Waals surface area contributed by atoms with E-state index in [1.54, 1.807) is 23.5 Å². The summed E-state index contributed by atoms with van der Waals surface area (Å²) in [7, 11) is 0. The van der Waals surface area contributed by atoms with Crippen LogP contribution < -0.4 is 11.1 Å². The molecule has 4 aromatic rings. The standard InChI is InChI=1S/C30H25ClN6O4S/c1-16-17(2)42-29-26(16)27(19-6-8-20(31)9-7-19)34-24(28-36-35-18(3)37(28)29)15-25(38)33-14-4-5-21-10-11-22(41-21)12-13-23(32)30(39)40/h6-11,23-24H,14-15,32H2,1-3H3,(H,33,38)(H,39,40)/t23?,24-/m0/s1. The van der Waals surface area contributed by atoms with Crippen LogP contribution in [0.3, 0.4) is 0 Å². The van der Waals surface area contributed by atoms with E-state index in [1.807, 2.05) is 35.8 Å². The number of hydrogen-bond donors (Lipinski definition) is 3. The molecule has 1 unspecified atom stereocenters. The van der Waals surface area contributed by atoms with Gasteiger partial charge in [0.15, 0.2) is 23.4 Å². The van der Waals surface area contributed by atoms with E-state index in [2.05, 4.69) is 53.0 Å². The van der Waals surface area contributed by atoms with E-state index >= 15 is 0 Å². The summed E-state index contributed by atoms with van der Waals surface area (Å²) in [5, 5.41) is 21.9. The largest absolute Gasteiger partial charge is 0.479 e. The molecular weight excluding hydrogens is 576 g/mol. The number of benzene rings is 1. The second kappa shape index (κ2) is 12.0. The number of furan rings is 1. The Bertz CT molecular complexity index is 1850.